The number of amides is 1. The van der Waals surface area contributed by atoms with Crippen LogP contribution in [0.15, 0.2) is 23.8 Å². The molecule has 0 aromatic heterocycles. The van der Waals surface area contributed by atoms with Gasteiger partial charge in [0.15, 0.2) is 0 Å². The molecule has 0 aromatic carbocycles. The van der Waals surface area contributed by atoms with Gasteiger partial charge in [-0.25, -0.2) is 0 Å². The van der Waals surface area contributed by atoms with Gasteiger partial charge in [0.25, 0.3) is 5.91 Å². The highest BCUT2D eigenvalue weighted by molar-refractivity contribution is 5.96. The number of carbonyl (C=O) groups excluding carboxylic acids is 1. The van der Waals surface area contributed by atoms with Crippen molar-refractivity contribution in [2.24, 2.45) is 0 Å². The fourth-order valence-corrected chi connectivity index (χ4v) is 2.22. The molecule has 2 rings (SSSR count). The van der Waals surface area contributed by atoms with Gasteiger partial charge in [-0.3, -0.25) is 4.79 Å². The summed E-state index contributed by atoms with van der Waals surface area (Å²) in [5, 5.41) is 0. The minimum absolute atomic E-state index is 0.215. The Labute approximate surface area is 97.4 Å². The Bertz CT molecular complexity index is 312. The molecule has 1 heterocycles. The number of hydrogen-bond donors (Lipinski definition) is 0. The smallest absolute Gasteiger partial charge is 0.253 e. The Morgan fingerprint density at radius 2 is 2.00 bits per heavy atom. The number of carbonyl (C=O) groups is 1. The Kier molecular flexibility index (Phi) is 3.78. The van der Waals surface area contributed by atoms with Gasteiger partial charge in [-0.15, -0.1) is 0 Å². The third-order valence-electron chi connectivity index (χ3n) is 3.35. The lowest BCUT2D eigenvalue weighted by molar-refractivity contribution is -0.128. The zero-order chi connectivity index (χ0) is 11.4. The van der Waals surface area contributed by atoms with E-state index < -0.39 is 0 Å². The van der Waals surface area contributed by atoms with Crippen molar-refractivity contribution in [1.29, 1.82) is 0 Å². The van der Waals surface area contributed by atoms with Crippen LogP contribution >= 0.6 is 0 Å². The first kappa shape index (κ1) is 11.4. The number of allylic oxidation sites excluding steroid dienone is 2. The average Bonchev–Trinajstić information content (AvgIpc) is 2.39. The van der Waals surface area contributed by atoms with E-state index in [2.05, 4.69) is 24.0 Å². The molecule has 0 saturated carbocycles. The van der Waals surface area contributed by atoms with Crippen LogP contribution in [0.1, 0.15) is 19.8 Å². The van der Waals surface area contributed by atoms with E-state index >= 15 is 0 Å². The molecule has 0 radical (unpaired) electrons. The maximum absolute atomic E-state index is 12.1. The molecule has 0 bridgehead atoms. The lowest BCUT2D eigenvalue weighted by atomic mass is 10.1. The fraction of sp³-hybridized carbons (Fsp3) is 0.615. The third-order valence-corrected chi connectivity index (χ3v) is 3.35. The van der Waals surface area contributed by atoms with Crippen LogP contribution in [0, 0.1) is 0 Å². The molecule has 3 heteroatoms. The first-order valence-electron chi connectivity index (χ1n) is 6.19. The highest BCUT2D eigenvalue weighted by Gasteiger charge is 2.21. The molecule has 1 aliphatic carbocycles. The molecule has 1 aliphatic heterocycles. The zero-order valence-electron chi connectivity index (χ0n) is 9.98. The van der Waals surface area contributed by atoms with E-state index in [1.165, 1.54) is 0 Å². The fourth-order valence-electron chi connectivity index (χ4n) is 2.22. The van der Waals surface area contributed by atoms with Gasteiger partial charge < -0.3 is 9.80 Å². The molecule has 2 aliphatic rings. The summed E-state index contributed by atoms with van der Waals surface area (Å²) in [6.07, 6.45) is 8.20. The van der Waals surface area contributed by atoms with Gasteiger partial charge in [0.2, 0.25) is 0 Å². The van der Waals surface area contributed by atoms with Crippen LogP contribution in [0.2, 0.25) is 0 Å². The summed E-state index contributed by atoms with van der Waals surface area (Å²) in [4.78, 5) is 16.5. The van der Waals surface area contributed by atoms with Gasteiger partial charge in [0.1, 0.15) is 0 Å². The molecule has 0 N–H and O–H groups in total. The van der Waals surface area contributed by atoms with Crippen molar-refractivity contribution in [3.8, 4) is 0 Å². The highest BCUT2D eigenvalue weighted by atomic mass is 16.2. The molecular weight excluding hydrogens is 200 g/mol. The highest BCUT2D eigenvalue weighted by Crippen LogP contribution is 2.14. The van der Waals surface area contributed by atoms with Crippen LogP contribution in [-0.4, -0.2) is 48.4 Å². The zero-order valence-corrected chi connectivity index (χ0v) is 9.98. The Balaban J connectivity index is 1.91. The second-order valence-corrected chi connectivity index (χ2v) is 4.37. The summed E-state index contributed by atoms with van der Waals surface area (Å²) < 4.78 is 0. The van der Waals surface area contributed by atoms with Crippen molar-refractivity contribution in [2.75, 3.05) is 32.7 Å². The van der Waals surface area contributed by atoms with E-state index in [0.29, 0.717) is 0 Å². The number of hydrogen-bond acceptors (Lipinski definition) is 2. The summed E-state index contributed by atoms with van der Waals surface area (Å²) >= 11 is 0. The Morgan fingerprint density at radius 3 is 2.56 bits per heavy atom. The van der Waals surface area contributed by atoms with E-state index in [4.69, 9.17) is 0 Å². The molecule has 1 saturated heterocycles. The first-order valence-corrected chi connectivity index (χ1v) is 6.19. The Morgan fingerprint density at radius 1 is 1.25 bits per heavy atom. The van der Waals surface area contributed by atoms with Crippen molar-refractivity contribution >= 4 is 5.91 Å². The van der Waals surface area contributed by atoms with Crippen molar-refractivity contribution in [1.82, 2.24) is 9.80 Å². The van der Waals surface area contributed by atoms with Crippen molar-refractivity contribution < 1.29 is 4.79 Å². The molecule has 3 nitrogen and oxygen atoms in total. The number of likely N-dealkylation sites (N-methyl/N-ethyl adjacent to an activating group) is 1. The Hall–Kier alpha value is -1.09. The molecule has 16 heavy (non-hydrogen) atoms. The number of nitrogens with zero attached hydrogens (tertiary/aromatic N) is 2. The van der Waals surface area contributed by atoms with Crippen molar-refractivity contribution in [2.45, 2.75) is 19.8 Å². The molecular formula is C13H20N2O. The maximum atomic E-state index is 12.1. The topological polar surface area (TPSA) is 23.6 Å². The first-order chi connectivity index (χ1) is 7.81. The van der Waals surface area contributed by atoms with Crippen LogP contribution in [-0.2, 0) is 4.79 Å². The monoisotopic (exact) mass is 220 g/mol. The normalized spacial score (nSPS) is 22.1. The predicted octanol–water partition coefficient (Wildman–Crippen LogP) is 1.43. The third kappa shape index (κ3) is 2.53. The molecule has 1 amide bonds. The van der Waals surface area contributed by atoms with Crippen molar-refractivity contribution in [3.05, 3.63) is 23.8 Å². The molecule has 0 unspecified atom stereocenters. The maximum Gasteiger partial charge on any atom is 0.253 e. The lowest BCUT2D eigenvalue weighted by Crippen LogP contribution is -2.48. The SMILES string of the molecule is CCN1CCN(C(=O)C2=CCCC=C2)CC1. The summed E-state index contributed by atoms with van der Waals surface area (Å²) in [5.74, 6) is 0.215. The van der Waals surface area contributed by atoms with E-state index in [1.807, 2.05) is 11.0 Å². The number of rotatable bonds is 2. The van der Waals surface area contributed by atoms with Crippen LogP contribution < -0.4 is 0 Å². The largest absolute Gasteiger partial charge is 0.336 e. The molecule has 0 atom stereocenters. The lowest BCUT2D eigenvalue weighted by Gasteiger charge is -2.34. The average molecular weight is 220 g/mol. The summed E-state index contributed by atoms with van der Waals surface area (Å²) in [7, 11) is 0. The summed E-state index contributed by atoms with van der Waals surface area (Å²) in [5.41, 5.74) is 0.885. The van der Waals surface area contributed by atoms with Crippen molar-refractivity contribution in [3.63, 3.8) is 0 Å². The molecule has 0 spiro atoms. The second-order valence-electron chi connectivity index (χ2n) is 4.37. The minimum Gasteiger partial charge on any atom is -0.336 e. The van der Waals surface area contributed by atoms with Crippen LogP contribution in [0.4, 0.5) is 0 Å². The van der Waals surface area contributed by atoms with Gasteiger partial charge in [-0.05, 0) is 19.4 Å². The minimum atomic E-state index is 0.215. The van der Waals surface area contributed by atoms with E-state index in [0.717, 1.165) is 51.1 Å². The van der Waals surface area contributed by atoms with E-state index in [9.17, 15) is 4.79 Å². The molecule has 1 fully saturated rings. The quantitative estimate of drug-likeness (QED) is 0.703. The van der Waals surface area contributed by atoms with Gasteiger partial charge in [0.05, 0.1) is 0 Å². The van der Waals surface area contributed by atoms with E-state index in [1.54, 1.807) is 0 Å². The van der Waals surface area contributed by atoms with Gasteiger partial charge in [-0.1, -0.05) is 25.2 Å². The standard InChI is InChI=1S/C13H20N2O/c1-2-14-8-10-15(11-9-14)13(16)12-6-4-3-5-7-12/h4,6-7H,2-3,5,8-11H2,1H3. The molecule has 0 aromatic rings. The summed E-state index contributed by atoms with van der Waals surface area (Å²) in [6, 6.07) is 0. The summed E-state index contributed by atoms with van der Waals surface area (Å²) in [6.45, 7) is 7.03. The van der Waals surface area contributed by atoms with Gasteiger partial charge >= 0.3 is 0 Å². The van der Waals surface area contributed by atoms with Crippen LogP contribution in [0.3, 0.4) is 0 Å². The van der Waals surface area contributed by atoms with Crippen LogP contribution in [0.25, 0.3) is 0 Å². The van der Waals surface area contributed by atoms with Gasteiger partial charge in [-0.2, -0.15) is 0 Å². The van der Waals surface area contributed by atoms with Crippen LogP contribution in [0.5, 0.6) is 0 Å². The number of piperazine rings is 1. The van der Waals surface area contributed by atoms with E-state index in [-0.39, 0.29) is 5.91 Å². The second kappa shape index (κ2) is 5.30. The van der Waals surface area contributed by atoms with Gasteiger partial charge in [0, 0.05) is 31.8 Å². The molecule has 88 valence electrons. The predicted molar refractivity (Wildman–Crippen MR) is 65.2 cm³/mol.